The Morgan fingerprint density at radius 1 is 1.13 bits per heavy atom. The van der Waals surface area contributed by atoms with E-state index in [2.05, 4.69) is 22.7 Å². The number of nitrogens with zero attached hydrogens (tertiary/aromatic N) is 2. The Kier molecular flexibility index (Phi) is 6.87. The van der Waals surface area contributed by atoms with Crippen LogP contribution in [0.25, 0.3) is 5.69 Å². The molecular weight excluding hydrogens is 384 g/mol. The molecule has 1 aliphatic rings. The van der Waals surface area contributed by atoms with Gasteiger partial charge in [-0.15, -0.1) is 0 Å². The second-order valence-corrected chi connectivity index (χ2v) is 7.76. The zero-order valence-corrected chi connectivity index (χ0v) is 17.6. The van der Waals surface area contributed by atoms with Crippen molar-refractivity contribution in [2.24, 2.45) is 5.92 Å². The number of hydrogen-bond donors (Lipinski definition) is 2. The highest BCUT2D eigenvalue weighted by Crippen LogP contribution is 2.23. The van der Waals surface area contributed by atoms with Crippen LogP contribution in [0.1, 0.15) is 54.4 Å². The first kappa shape index (κ1) is 21.5. The van der Waals surface area contributed by atoms with Crippen LogP contribution in [0.4, 0.5) is 4.79 Å². The number of esters is 1. The summed E-state index contributed by atoms with van der Waals surface area (Å²) < 4.78 is 6.79. The van der Waals surface area contributed by atoms with Crippen molar-refractivity contribution in [1.82, 2.24) is 20.4 Å². The monoisotopic (exact) mass is 412 g/mol. The summed E-state index contributed by atoms with van der Waals surface area (Å²) in [6.45, 7) is 5.03. The molecular formula is C22H28N4O4. The van der Waals surface area contributed by atoms with Gasteiger partial charge in [0.2, 0.25) is 0 Å². The summed E-state index contributed by atoms with van der Waals surface area (Å²) in [5.74, 6) is -0.941. The Morgan fingerprint density at radius 3 is 2.53 bits per heavy atom. The summed E-state index contributed by atoms with van der Waals surface area (Å²) in [6, 6.07) is 8.93. The van der Waals surface area contributed by atoms with E-state index in [9.17, 15) is 14.4 Å². The van der Waals surface area contributed by atoms with E-state index in [-0.39, 0.29) is 6.04 Å². The van der Waals surface area contributed by atoms with Crippen LogP contribution in [-0.4, -0.2) is 40.3 Å². The molecule has 0 unspecified atom stereocenters. The number of aromatic nitrogens is 2. The molecule has 1 fully saturated rings. The molecule has 160 valence electrons. The van der Waals surface area contributed by atoms with Crippen molar-refractivity contribution in [2.75, 3.05) is 6.61 Å². The minimum absolute atomic E-state index is 0.0585. The molecule has 1 aromatic carbocycles. The summed E-state index contributed by atoms with van der Waals surface area (Å²) in [5, 5.41) is 9.46. The van der Waals surface area contributed by atoms with Gasteiger partial charge in [0.25, 0.3) is 5.91 Å². The van der Waals surface area contributed by atoms with Crippen molar-refractivity contribution in [3.8, 4) is 5.69 Å². The lowest BCUT2D eigenvalue weighted by Gasteiger charge is -2.29. The van der Waals surface area contributed by atoms with Crippen LogP contribution in [0.3, 0.4) is 0 Å². The molecule has 3 rings (SSSR count). The van der Waals surface area contributed by atoms with E-state index in [1.54, 1.807) is 18.5 Å². The predicted molar refractivity (Wildman–Crippen MR) is 111 cm³/mol. The summed E-state index contributed by atoms with van der Waals surface area (Å²) in [4.78, 5) is 36.6. The van der Waals surface area contributed by atoms with E-state index in [1.807, 2.05) is 30.3 Å². The maximum atomic E-state index is 12.5. The Balaban J connectivity index is 1.54. The Bertz CT molecular complexity index is 923. The van der Waals surface area contributed by atoms with Gasteiger partial charge in [-0.1, -0.05) is 38.0 Å². The quantitative estimate of drug-likeness (QED) is 0.735. The van der Waals surface area contributed by atoms with Crippen LogP contribution >= 0.6 is 0 Å². The van der Waals surface area contributed by atoms with Crippen LogP contribution in [0.15, 0.2) is 30.3 Å². The van der Waals surface area contributed by atoms with Crippen LogP contribution < -0.4 is 10.6 Å². The number of carbonyl (C=O) groups excluding carboxylic acids is 3. The van der Waals surface area contributed by atoms with Crippen molar-refractivity contribution < 1.29 is 19.1 Å². The van der Waals surface area contributed by atoms with Crippen molar-refractivity contribution in [1.29, 1.82) is 0 Å². The lowest BCUT2D eigenvalue weighted by molar-refractivity contribution is -0.123. The molecule has 0 bridgehead atoms. The molecule has 2 N–H and O–H groups in total. The molecule has 1 heterocycles. The number of ether oxygens (including phenoxy) is 1. The first-order valence-electron chi connectivity index (χ1n) is 10.3. The van der Waals surface area contributed by atoms with Gasteiger partial charge in [-0.3, -0.25) is 10.1 Å². The number of amides is 3. The van der Waals surface area contributed by atoms with Crippen LogP contribution in [0, 0.1) is 19.8 Å². The van der Waals surface area contributed by atoms with Gasteiger partial charge in [0, 0.05) is 6.04 Å². The third-order valence-electron chi connectivity index (χ3n) is 5.51. The molecule has 0 spiro atoms. The standard InChI is InChI=1S/C22H28N4O4/c1-14-9-7-8-12-18(14)23-22(29)24-19(27)13-30-21(28)20-15(2)25-26(16(20)3)17-10-5-4-6-11-17/h4-6,10-11,14,18H,7-9,12-13H2,1-3H3,(H2,23,24,27,29)/t14-,18-/m0/s1. The van der Waals surface area contributed by atoms with E-state index in [1.165, 1.54) is 0 Å². The first-order chi connectivity index (χ1) is 14.4. The SMILES string of the molecule is Cc1nn(-c2ccccc2)c(C)c1C(=O)OCC(=O)NC(=O)N[C@H]1CCCC[C@@H]1C. The van der Waals surface area contributed by atoms with Gasteiger partial charge in [0.15, 0.2) is 6.61 Å². The topological polar surface area (TPSA) is 102 Å². The second kappa shape index (κ2) is 9.56. The average molecular weight is 412 g/mol. The van der Waals surface area contributed by atoms with Crippen LogP contribution in [0.5, 0.6) is 0 Å². The fourth-order valence-electron chi connectivity index (χ4n) is 3.86. The minimum Gasteiger partial charge on any atom is -0.452 e. The molecule has 30 heavy (non-hydrogen) atoms. The predicted octanol–water partition coefficient (Wildman–Crippen LogP) is 3.05. The third kappa shape index (κ3) is 5.06. The maximum absolute atomic E-state index is 12.5. The van der Waals surface area contributed by atoms with Crippen molar-refractivity contribution >= 4 is 17.9 Å². The highest BCUT2D eigenvalue weighted by molar-refractivity contribution is 5.97. The number of nitrogens with one attached hydrogen (secondary N) is 2. The highest BCUT2D eigenvalue weighted by atomic mass is 16.5. The fourth-order valence-corrected chi connectivity index (χ4v) is 3.86. The smallest absolute Gasteiger partial charge is 0.342 e. The second-order valence-electron chi connectivity index (χ2n) is 7.76. The Hall–Kier alpha value is -3.16. The molecule has 1 aromatic heterocycles. The normalized spacial score (nSPS) is 18.5. The van der Waals surface area contributed by atoms with Crippen molar-refractivity contribution in [3.63, 3.8) is 0 Å². The Labute approximate surface area is 176 Å². The molecule has 2 aromatic rings. The van der Waals surface area contributed by atoms with Crippen LogP contribution in [0.2, 0.25) is 0 Å². The number of imide groups is 1. The number of carbonyl (C=O) groups is 3. The highest BCUT2D eigenvalue weighted by Gasteiger charge is 2.24. The lowest BCUT2D eigenvalue weighted by atomic mass is 9.86. The van der Waals surface area contributed by atoms with Gasteiger partial charge >= 0.3 is 12.0 Å². The van der Waals surface area contributed by atoms with Gasteiger partial charge in [0.05, 0.1) is 17.1 Å². The zero-order chi connectivity index (χ0) is 21.7. The summed E-state index contributed by atoms with van der Waals surface area (Å²) in [7, 11) is 0. The van der Waals surface area contributed by atoms with Gasteiger partial charge < -0.3 is 10.1 Å². The molecule has 2 atom stereocenters. The van der Waals surface area contributed by atoms with E-state index in [0.717, 1.165) is 31.4 Å². The molecule has 1 aliphatic carbocycles. The van der Waals surface area contributed by atoms with E-state index >= 15 is 0 Å². The molecule has 8 nitrogen and oxygen atoms in total. The van der Waals surface area contributed by atoms with E-state index in [4.69, 9.17) is 4.74 Å². The number of aryl methyl sites for hydroxylation is 1. The maximum Gasteiger partial charge on any atom is 0.342 e. The van der Waals surface area contributed by atoms with E-state index < -0.39 is 24.5 Å². The number of rotatable bonds is 5. The lowest BCUT2D eigenvalue weighted by Crippen LogP contribution is -2.48. The largest absolute Gasteiger partial charge is 0.452 e. The number of benzene rings is 1. The number of hydrogen-bond acceptors (Lipinski definition) is 5. The number of urea groups is 1. The summed E-state index contributed by atoms with van der Waals surface area (Å²) >= 11 is 0. The van der Waals surface area contributed by atoms with Crippen LogP contribution in [-0.2, 0) is 9.53 Å². The fraction of sp³-hybridized carbons (Fsp3) is 0.455. The van der Waals surface area contributed by atoms with Gasteiger partial charge in [-0.2, -0.15) is 5.10 Å². The summed E-state index contributed by atoms with van der Waals surface area (Å²) in [5.41, 5.74) is 2.26. The molecule has 8 heteroatoms. The molecule has 3 amide bonds. The molecule has 0 radical (unpaired) electrons. The zero-order valence-electron chi connectivity index (χ0n) is 17.6. The minimum atomic E-state index is -0.671. The Morgan fingerprint density at radius 2 is 1.83 bits per heavy atom. The molecule has 0 saturated heterocycles. The molecule has 1 saturated carbocycles. The molecule has 0 aliphatic heterocycles. The van der Waals surface area contributed by atoms with Gasteiger partial charge in [-0.05, 0) is 44.7 Å². The number of para-hydroxylation sites is 1. The van der Waals surface area contributed by atoms with Crippen molar-refractivity contribution in [2.45, 2.75) is 52.5 Å². The first-order valence-corrected chi connectivity index (χ1v) is 10.3. The van der Waals surface area contributed by atoms with Gasteiger partial charge in [-0.25, -0.2) is 14.3 Å². The van der Waals surface area contributed by atoms with E-state index in [0.29, 0.717) is 22.9 Å². The van der Waals surface area contributed by atoms with Gasteiger partial charge in [0.1, 0.15) is 5.56 Å². The average Bonchev–Trinajstić information content (AvgIpc) is 3.02. The summed E-state index contributed by atoms with van der Waals surface area (Å²) in [6.07, 6.45) is 4.19. The van der Waals surface area contributed by atoms with Crippen molar-refractivity contribution in [3.05, 3.63) is 47.3 Å². The third-order valence-corrected chi connectivity index (χ3v) is 5.51.